The molecule has 17 nitrogen and oxygen atoms in total. The summed E-state index contributed by atoms with van der Waals surface area (Å²) >= 11 is 0. The topological polar surface area (TPSA) is 294 Å². The van der Waals surface area contributed by atoms with Crippen molar-refractivity contribution in [3.8, 4) is 57.1 Å². The van der Waals surface area contributed by atoms with Crippen LogP contribution in [0.3, 0.4) is 0 Å². The molecule has 52 heavy (non-hydrogen) atoms. The number of esters is 2. The summed E-state index contributed by atoms with van der Waals surface area (Å²) < 4.78 is 22.5. The van der Waals surface area contributed by atoms with Gasteiger partial charge in [-0.3, -0.25) is 0 Å². The van der Waals surface area contributed by atoms with Crippen molar-refractivity contribution in [3.63, 3.8) is 0 Å². The van der Waals surface area contributed by atoms with E-state index in [0.29, 0.717) is 0 Å². The van der Waals surface area contributed by atoms with Crippen LogP contribution in [0.1, 0.15) is 44.1 Å². The van der Waals surface area contributed by atoms with E-state index in [-0.39, 0.29) is 22.6 Å². The number of fused-ring (bicyclic) bond motifs is 4. The minimum absolute atomic E-state index is 0.110. The Morgan fingerprint density at radius 3 is 1.92 bits per heavy atom. The van der Waals surface area contributed by atoms with Crippen molar-refractivity contribution >= 4 is 11.9 Å². The maximum Gasteiger partial charge on any atom is 0.338 e. The fourth-order valence-electron chi connectivity index (χ4n) is 6.00. The lowest BCUT2D eigenvalue weighted by molar-refractivity contribution is -0.189. The average Bonchev–Trinajstić information content (AvgIpc) is 3.10. The molecule has 0 saturated carbocycles. The van der Waals surface area contributed by atoms with E-state index in [1.807, 2.05) is 0 Å². The molecule has 6 rings (SSSR count). The minimum atomic E-state index is -2.20. The highest BCUT2D eigenvalue weighted by atomic mass is 16.6. The maximum atomic E-state index is 13.7. The van der Waals surface area contributed by atoms with Crippen molar-refractivity contribution in [2.45, 2.75) is 42.7 Å². The number of phenols is 7. The second-order valence-electron chi connectivity index (χ2n) is 12.1. The van der Waals surface area contributed by atoms with Gasteiger partial charge in [0.05, 0.1) is 16.7 Å². The molecule has 4 aromatic carbocycles. The molecule has 0 amide bonds. The summed E-state index contributed by atoms with van der Waals surface area (Å²) in [5.74, 6) is -7.31. The van der Waals surface area contributed by atoms with Crippen LogP contribution in [0.2, 0.25) is 0 Å². The van der Waals surface area contributed by atoms with E-state index in [0.717, 1.165) is 36.4 Å². The molecule has 2 heterocycles. The average molecular weight is 725 g/mol. The van der Waals surface area contributed by atoms with Gasteiger partial charge in [-0.15, -0.1) is 0 Å². The minimum Gasteiger partial charge on any atom is -0.508 e. The summed E-state index contributed by atoms with van der Waals surface area (Å²) in [5, 5.41) is 117. The molecule has 0 saturated heterocycles. The lowest BCUT2D eigenvalue weighted by Gasteiger charge is -2.40. The Morgan fingerprint density at radius 2 is 1.23 bits per heavy atom. The zero-order chi connectivity index (χ0) is 37.6. The van der Waals surface area contributed by atoms with Crippen molar-refractivity contribution in [1.82, 2.24) is 0 Å². The first-order valence-electron chi connectivity index (χ1n) is 15.5. The van der Waals surface area contributed by atoms with Gasteiger partial charge >= 0.3 is 11.9 Å². The first kappa shape index (κ1) is 35.8. The van der Waals surface area contributed by atoms with Crippen LogP contribution in [-0.4, -0.2) is 112 Å². The summed E-state index contributed by atoms with van der Waals surface area (Å²) in [6, 6.07) is 10.9. The highest BCUT2D eigenvalue weighted by Gasteiger charge is 2.45. The first-order valence-corrected chi connectivity index (χ1v) is 15.5. The molecule has 4 aromatic rings. The van der Waals surface area contributed by atoms with Crippen LogP contribution < -0.4 is 4.74 Å². The number of benzene rings is 4. The summed E-state index contributed by atoms with van der Waals surface area (Å²) in [4.78, 5) is 26.9. The van der Waals surface area contributed by atoms with Gasteiger partial charge in [0, 0.05) is 23.3 Å². The number of hydrogen-bond donors (Lipinski definition) is 11. The Bertz CT molecular complexity index is 2010. The van der Waals surface area contributed by atoms with Crippen molar-refractivity contribution in [2.24, 2.45) is 0 Å². The van der Waals surface area contributed by atoms with Crippen molar-refractivity contribution < 1.29 is 84.7 Å². The first-order chi connectivity index (χ1) is 24.7. The fraction of sp³-hybridized carbons (Fsp3) is 0.257. The number of ether oxygens (including phenoxy) is 4. The number of hydrogen-bond acceptors (Lipinski definition) is 17. The van der Waals surface area contributed by atoms with Crippen LogP contribution in [-0.2, 0) is 14.2 Å². The third kappa shape index (κ3) is 6.61. The van der Waals surface area contributed by atoms with Crippen LogP contribution in [0.4, 0.5) is 0 Å². The van der Waals surface area contributed by atoms with E-state index in [4.69, 9.17) is 18.9 Å². The Balaban J connectivity index is 1.43. The number of rotatable bonds is 3. The number of aliphatic hydroxyl groups is 4. The number of aliphatic hydroxyl groups excluding tert-OH is 4. The van der Waals surface area contributed by atoms with Gasteiger partial charge in [0.2, 0.25) is 0 Å². The molecule has 274 valence electrons. The maximum absolute atomic E-state index is 13.7. The Labute approximate surface area is 292 Å². The summed E-state index contributed by atoms with van der Waals surface area (Å²) in [6.07, 6.45) is -13.0. The zero-order valence-electron chi connectivity index (χ0n) is 26.6. The van der Waals surface area contributed by atoms with Crippen LogP contribution in [0.15, 0.2) is 60.7 Å². The molecule has 0 radical (unpaired) electrons. The van der Waals surface area contributed by atoms with Gasteiger partial charge in [-0.05, 0) is 42.0 Å². The molecule has 0 aliphatic carbocycles. The molecule has 0 fully saturated rings. The van der Waals surface area contributed by atoms with E-state index in [1.165, 1.54) is 24.3 Å². The Kier molecular flexibility index (Phi) is 9.63. The van der Waals surface area contributed by atoms with Gasteiger partial charge in [0.25, 0.3) is 0 Å². The smallest absolute Gasteiger partial charge is 0.338 e. The highest BCUT2D eigenvalue weighted by Crippen LogP contribution is 2.49. The zero-order valence-corrected chi connectivity index (χ0v) is 26.6. The van der Waals surface area contributed by atoms with E-state index in [2.05, 4.69) is 0 Å². The Morgan fingerprint density at radius 1 is 0.596 bits per heavy atom. The monoisotopic (exact) mass is 724 g/mol. The predicted molar refractivity (Wildman–Crippen MR) is 172 cm³/mol. The van der Waals surface area contributed by atoms with Gasteiger partial charge in [-0.1, -0.05) is 12.1 Å². The van der Waals surface area contributed by atoms with E-state index in [9.17, 15) is 65.8 Å². The van der Waals surface area contributed by atoms with Gasteiger partial charge in [0.15, 0.2) is 29.1 Å². The molecule has 2 aliphatic rings. The van der Waals surface area contributed by atoms with E-state index >= 15 is 0 Å². The number of phenolic OH excluding ortho intramolecular Hbond substituents is 7. The van der Waals surface area contributed by atoms with Gasteiger partial charge in [-0.25, -0.2) is 9.59 Å². The lowest BCUT2D eigenvalue weighted by Crippen LogP contribution is -2.50. The number of aromatic hydroxyl groups is 7. The second kappa shape index (κ2) is 14.0. The quantitative estimate of drug-likeness (QED) is 0.105. The second-order valence-corrected chi connectivity index (χ2v) is 12.1. The SMILES string of the molecule is O=C1OC[C@H](OC2c3c(O)cc(O)cc3OC(c3ccc(O)cc3)C2O)[C@@H](O)[C@H](O)[C@H](O)COC(=O)c2ccc(O)c(O)c2-c2cc(O)c(O)cc21. The molecule has 0 spiro atoms. The summed E-state index contributed by atoms with van der Waals surface area (Å²) in [7, 11) is 0. The normalized spacial score (nSPS) is 25.0. The van der Waals surface area contributed by atoms with Crippen molar-refractivity contribution in [1.29, 1.82) is 0 Å². The fourth-order valence-corrected chi connectivity index (χ4v) is 6.00. The third-order valence-electron chi connectivity index (χ3n) is 8.68. The standard InChI is InChI=1S/C35H32O17/c36-14-3-1-13(2-4-14)32-31(46)33(27-22(41)7-15(37)8-24(27)51-32)52-25-12-50-35(48)18-10-21(40)20(39)9-17(18)26-16(5-6-19(38)28(26)43)34(47)49-11-23(42)29(44)30(25)45/h1-10,23,25,29-33,36-46H,11-12H2/t23-,25+,29-,30-,31?,32?,33?/m1/s1. The molecule has 17 heteroatoms. The third-order valence-corrected chi connectivity index (χ3v) is 8.68. The van der Waals surface area contributed by atoms with Crippen molar-refractivity contribution in [3.05, 3.63) is 82.9 Å². The predicted octanol–water partition coefficient (Wildman–Crippen LogP) is 1.32. The lowest BCUT2D eigenvalue weighted by atomic mass is 9.90. The molecule has 3 unspecified atom stereocenters. The van der Waals surface area contributed by atoms with E-state index < -0.39 is 125 Å². The number of carbonyl (C=O) groups is 2. The van der Waals surface area contributed by atoms with Gasteiger partial charge < -0.3 is 75.1 Å². The highest BCUT2D eigenvalue weighted by molar-refractivity contribution is 6.06. The van der Waals surface area contributed by atoms with Crippen molar-refractivity contribution in [2.75, 3.05) is 13.2 Å². The van der Waals surface area contributed by atoms with Crippen LogP contribution in [0.25, 0.3) is 11.1 Å². The van der Waals surface area contributed by atoms with Crippen LogP contribution in [0, 0.1) is 0 Å². The number of cyclic esters (lactones) is 2. The van der Waals surface area contributed by atoms with Gasteiger partial charge in [-0.2, -0.15) is 0 Å². The molecule has 7 atom stereocenters. The summed E-state index contributed by atoms with van der Waals surface area (Å²) in [5.41, 5.74) is -2.01. The summed E-state index contributed by atoms with van der Waals surface area (Å²) in [6.45, 7) is -1.95. The Hall–Kier alpha value is -5.98. The molecular weight excluding hydrogens is 692 g/mol. The van der Waals surface area contributed by atoms with E-state index in [1.54, 1.807) is 0 Å². The van der Waals surface area contributed by atoms with Gasteiger partial charge in [0.1, 0.15) is 72.8 Å². The molecule has 2 aliphatic heterocycles. The molecule has 0 aromatic heterocycles. The van der Waals surface area contributed by atoms with Crippen LogP contribution >= 0.6 is 0 Å². The molecule has 11 N–H and O–H groups in total. The molecular formula is C35H32O17. The largest absolute Gasteiger partial charge is 0.508 e. The van der Waals surface area contributed by atoms with Crippen LogP contribution in [0.5, 0.6) is 46.0 Å². The number of carbonyl (C=O) groups excluding carboxylic acids is 2. The molecule has 0 bridgehead atoms.